The van der Waals surface area contributed by atoms with Gasteiger partial charge in [0.1, 0.15) is 0 Å². The summed E-state index contributed by atoms with van der Waals surface area (Å²) in [5, 5.41) is 4.92. The number of aryl methyl sites for hydroxylation is 1. The van der Waals surface area contributed by atoms with Gasteiger partial charge in [0.2, 0.25) is 0 Å². The van der Waals surface area contributed by atoms with E-state index in [1.807, 2.05) is 0 Å². The largest absolute Gasteiger partial charge is 0.343 e. The zero-order valence-corrected chi connectivity index (χ0v) is 12.4. The summed E-state index contributed by atoms with van der Waals surface area (Å²) in [6, 6.07) is 11.0. The Kier molecular flexibility index (Phi) is 5.03. The molecule has 0 fully saturated rings. The topological polar surface area (TPSA) is 17.0 Å². The molecule has 0 bridgehead atoms. The molecule has 2 nitrogen and oxygen atoms in total. The normalized spacial score (nSPS) is 11.6. The van der Waals surface area contributed by atoms with Gasteiger partial charge in [-0.3, -0.25) is 0 Å². The zero-order chi connectivity index (χ0) is 13.7. The van der Waals surface area contributed by atoms with Crippen molar-refractivity contribution in [3.05, 3.63) is 36.0 Å². The highest BCUT2D eigenvalue weighted by Gasteiger charge is 2.07. The quantitative estimate of drug-likeness (QED) is 0.788. The van der Waals surface area contributed by atoms with Gasteiger partial charge < -0.3 is 9.88 Å². The Bertz CT molecular complexity index is 511. The average Bonchev–Trinajstić information content (AvgIpc) is 2.74. The number of benzene rings is 1. The SMILES string of the molecule is CCCCn1c(CNCC(C)C)cc2ccccc21. The molecule has 2 heteroatoms. The van der Waals surface area contributed by atoms with Gasteiger partial charge in [-0.25, -0.2) is 0 Å². The maximum absolute atomic E-state index is 3.56. The first-order valence-corrected chi connectivity index (χ1v) is 7.50. The molecule has 1 aromatic heterocycles. The fourth-order valence-corrected chi connectivity index (χ4v) is 2.48. The highest BCUT2D eigenvalue weighted by atomic mass is 15.0. The lowest BCUT2D eigenvalue weighted by Gasteiger charge is -2.12. The Morgan fingerprint density at radius 2 is 2.00 bits per heavy atom. The van der Waals surface area contributed by atoms with Crippen LogP contribution in [0.1, 0.15) is 39.3 Å². The van der Waals surface area contributed by atoms with Crippen molar-refractivity contribution in [3.63, 3.8) is 0 Å². The number of nitrogens with zero attached hydrogens (tertiary/aromatic N) is 1. The minimum atomic E-state index is 0.702. The molecule has 2 rings (SSSR count). The van der Waals surface area contributed by atoms with Crippen LogP contribution in [0.15, 0.2) is 30.3 Å². The van der Waals surface area contributed by atoms with E-state index >= 15 is 0 Å². The van der Waals surface area contributed by atoms with E-state index in [1.165, 1.54) is 29.4 Å². The molecule has 0 amide bonds. The fraction of sp³-hybridized carbons (Fsp3) is 0.529. The number of unbranched alkanes of at least 4 members (excludes halogenated alkanes) is 1. The van der Waals surface area contributed by atoms with Crippen molar-refractivity contribution in [1.82, 2.24) is 9.88 Å². The second-order valence-electron chi connectivity index (χ2n) is 5.72. The first-order chi connectivity index (χ1) is 9.22. The molecule has 0 unspecified atom stereocenters. The second-order valence-corrected chi connectivity index (χ2v) is 5.72. The number of rotatable bonds is 7. The van der Waals surface area contributed by atoms with Crippen molar-refractivity contribution in [1.29, 1.82) is 0 Å². The lowest BCUT2D eigenvalue weighted by Crippen LogP contribution is -2.20. The summed E-state index contributed by atoms with van der Waals surface area (Å²) < 4.78 is 2.48. The molecule has 1 N–H and O–H groups in total. The summed E-state index contributed by atoms with van der Waals surface area (Å²) in [5.41, 5.74) is 2.78. The van der Waals surface area contributed by atoms with Gasteiger partial charge in [-0.1, -0.05) is 45.4 Å². The van der Waals surface area contributed by atoms with Crippen LogP contribution in [-0.2, 0) is 13.1 Å². The number of para-hydroxylation sites is 1. The van der Waals surface area contributed by atoms with E-state index in [4.69, 9.17) is 0 Å². The van der Waals surface area contributed by atoms with Crippen molar-refractivity contribution in [2.75, 3.05) is 6.54 Å². The van der Waals surface area contributed by atoms with E-state index in [-0.39, 0.29) is 0 Å². The number of hydrogen-bond donors (Lipinski definition) is 1. The van der Waals surface area contributed by atoms with E-state index in [0.29, 0.717) is 5.92 Å². The molecule has 0 saturated heterocycles. The maximum atomic E-state index is 3.56. The van der Waals surface area contributed by atoms with Crippen LogP contribution < -0.4 is 5.32 Å². The van der Waals surface area contributed by atoms with E-state index in [1.54, 1.807) is 0 Å². The first kappa shape index (κ1) is 14.1. The number of nitrogens with one attached hydrogen (secondary N) is 1. The maximum Gasteiger partial charge on any atom is 0.0482 e. The van der Waals surface area contributed by atoms with Crippen LogP contribution in [0, 0.1) is 5.92 Å². The lowest BCUT2D eigenvalue weighted by atomic mass is 10.2. The molecule has 2 aromatic rings. The Morgan fingerprint density at radius 1 is 1.21 bits per heavy atom. The summed E-state index contributed by atoms with van der Waals surface area (Å²) in [6.45, 7) is 9.93. The minimum absolute atomic E-state index is 0.702. The molecule has 1 heterocycles. The van der Waals surface area contributed by atoms with E-state index < -0.39 is 0 Å². The highest BCUT2D eigenvalue weighted by Crippen LogP contribution is 2.20. The zero-order valence-electron chi connectivity index (χ0n) is 12.4. The number of fused-ring (bicyclic) bond motifs is 1. The molecule has 1 aromatic carbocycles. The van der Waals surface area contributed by atoms with Crippen molar-refractivity contribution >= 4 is 10.9 Å². The molecule has 0 aliphatic carbocycles. The molecule has 104 valence electrons. The van der Waals surface area contributed by atoms with Crippen LogP contribution in [0.5, 0.6) is 0 Å². The Morgan fingerprint density at radius 3 is 2.74 bits per heavy atom. The molecular weight excluding hydrogens is 232 g/mol. The Hall–Kier alpha value is -1.28. The van der Waals surface area contributed by atoms with Crippen LogP contribution in [-0.4, -0.2) is 11.1 Å². The number of aromatic nitrogens is 1. The van der Waals surface area contributed by atoms with Crippen LogP contribution in [0.2, 0.25) is 0 Å². The van der Waals surface area contributed by atoms with Gasteiger partial charge in [-0.05, 0) is 36.4 Å². The van der Waals surface area contributed by atoms with Crippen LogP contribution >= 0.6 is 0 Å². The summed E-state index contributed by atoms with van der Waals surface area (Å²) >= 11 is 0. The van der Waals surface area contributed by atoms with Gasteiger partial charge in [0, 0.05) is 24.3 Å². The van der Waals surface area contributed by atoms with E-state index in [0.717, 1.165) is 19.6 Å². The van der Waals surface area contributed by atoms with E-state index in [9.17, 15) is 0 Å². The monoisotopic (exact) mass is 258 g/mol. The molecule has 19 heavy (non-hydrogen) atoms. The van der Waals surface area contributed by atoms with Gasteiger partial charge in [-0.2, -0.15) is 0 Å². The third-order valence-corrected chi connectivity index (χ3v) is 3.49. The van der Waals surface area contributed by atoms with Crippen molar-refractivity contribution in [2.45, 2.75) is 46.7 Å². The smallest absolute Gasteiger partial charge is 0.0482 e. The molecule has 0 radical (unpaired) electrons. The Balaban J connectivity index is 2.19. The standard InChI is InChI=1S/C17H26N2/c1-4-5-10-19-16(13-18-12-14(2)3)11-15-8-6-7-9-17(15)19/h6-9,11,14,18H,4-5,10,12-13H2,1-3H3. The second kappa shape index (κ2) is 6.76. The van der Waals surface area contributed by atoms with Gasteiger partial charge in [0.05, 0.1) is 0 Å². The van der Waals surface area contributed by atoms with Crippen LogP contribution in [0.25, 0.3) is 10.9 Å². The predicted octanol–water partition coefficient (Wildman–Crippen LogP) is 4.19. The van der Waals surface area contributed by atoms with Gasteiger partial charge >= 0.3 is 0 Å². The highest BCUT2D eigenvalue weighted by molar-refractivity contribution is 5.81. The third-order valence-electron chi connectivity index (χ3n) is 3.49. The molecule has 0 aliphatic rings. The molecule has 0 saturated carbocycles. The summed E-state index contributed by atoms with van der Waals surface area (Å²) in [4.78, 5) is 0. The molecule has 0 spiro atoms. The predicted molar refractivity (Wildman–Crippen MR) is 83.4 cm³/mol. The summed E-state index contributed by atoms with van der Waals surface area (Å²) in [5.74, 6) is 0.702. The summed E-state index contributed by atoms with van der Waals surface area (Å²) in [7, 11) is 0. The summed E-state index contributed by atoms with van der Waals surface area (Å²) in [6.07, 6.45) is 2.49. The van der Waals surface area contributed by atoms with Gasteiger partial charge in [0.15, 0.2) is 0 Å². The van der Waals surface area contributed by atoms with Crippen molar-refractivity contribution in [2.24, 2.45) is 5.92 Å². The average molecular weight is 258 g/mol. The molecule has 0 aliphatic heterocycles. The van der Waals surface area contributed by atoms with E-state index in [2.05, 4.69) is 61.0 Å². The van der Waals surface area contributed by atoms with Crippen molar-refractivity contribution < 1.29 is 0 Å². The Labute approximate surface area is 116 Å². The molecular formula is C17H26N2. The molecule has 0 atom stereocenters. The third kappa shape index (κ3) is 3.60. The first-order valence-electron chi connectivity index (χ1n) is 7.50. The van der Waals surface area contributed by atoms with Gasteiger partial charge in [-0.15, -0.1) is 0 Å². The van der Waals surface area contributed by atoms with Gasteiger partial charge in [0.25, 0.3) is 0 Å². The van der Waals surface area contributed by atoms with Crippen molar-refractivity contribution in [3.8, 4) is 0 Å². The van der Waals surface area contributed by atoms with Crippen LogP contribution in [0.4, 0.5) is 0 Å². The minimum Gasteiger partial charge on any atom is -0.343 e. The lowest BCUT2D eigenvalue weighted by molar-refractivity contribution is 0.532. The fourth-order valence-electron chi connectivity index (χ4n) is 2.48. The van der Waals surface area contributed by atoms with Crippen LogP contribution in [0.3, 0.4) is 0 Å². The number of hydrogen-bond acceptors (Lipinski definition) is 1.